The van der Waals surface area contributed by atoms with Gasteiger partial charge in [0.25, 0.3) is 0 Å². The SMILES string of the molecule is CC(C)NC(=O)N[C@H]1CO[C@@H](CN2CCOCC2)[C@@H]1O. The van der Waals surface area contributed by atoms with Crippen molar-refractivity contribution < 1.29 is 19.4 Å². The molecule has 3 N–H and O–H groups in total. The minimum absolute atomic E-state index is 0.0682. The minimum atomic E-state index is -0.671. The van der Waals surface area contributed by atoms with Gasteiger partial charge in [0.1, 0.15) is 6.10 Å². The first-order chi connectivity index (χ1) is 9.56. The predicted octanol–water partition coefficient (Wildman–Crippen LogP) is -0.845. The molecule has 2 aliphatic rings. The maximum absolute atomic E-state index is 11.6. The second-order valence-electron chi connectivity index (χ2n) is 5.65. The first kappa shape index (κ1) is 15.5. The maximum Gasteiger partial charge on any atom is 0.315 e. The van der Waals surface area contributed by atoms with Crippen LogP contribution < -0.4 is 10.6 Å². The number of carbonyl (C=O) groups is 1. The zero-order chi connectivity index (χ0) is 14.5. The monoisotopic (exact) mass is 287 g/mol. The summed E-state index contributed by atoms with van der Waals surface area (Å²) in [7, 11) is 0. The Morgan fingerprint density at radius 1 is 1.40 bits per heavy atom. The molecule has 20 heavy (non-hydrogen) atoms. The quantitative estimate of drug-likeness (QED) is 0.628. The Morgan fingerprint density at radius 3 is 2.75 bits per heavy atom. The highest BCUT2D eigenvalue weighted by Gasteiger charge is 2.37. The lowest BCUT2D eigenvalue weighted by atomic mass is 10.1. The Hall–Kier alpha value is -0.890. The molecule has 0 radical (unpaired) electrons. The average molecular weight is 287 g/mol. The summed E-state index contributed by atoms with van der Waals surface area (Å²) in [4.78, 5) is 13.9. The van der Waals surface area contributed by atoms with Gasteiger partial charge >= 0.3 is 6.03 Å². The van der Waals surface area contributed by atoms with E-state index in [4.69, 9.17) is 9.47 Å². The number of ether oxygens (including phenoxy) is 2. The van der Waals surface area contributed by atoms with Gasteiger partial charge in [0.15, 0.2) is 0 Å². The molecule has 0 aromatic carbocycles. The summed E-state index contributed by atoms with van der Waals surface area (Å²) < 4.78 is 10.9. The Balaban J connectivity index is 1.76. The van der Waals surface area contributed by atoms with E-state index in [0.29, 0.717) is 13.2 Å². The van der Waals surface area contributed by atoms with E-state index in [2.05, 4.69) is 15.5 Å². The van der Waals surface area contributed by atoms with Crippen LogP contribution in [-0.2, 0) is 9.47 Å². The van der Waals surface area contributed by atoms with Gasteiger partial charge in [-0.3, -0.25) is 4.90 Å². The summed E-state index contributed by atoms with van der Waals surface area (Å²) in [5.41, 5.74) is 0. The van der Waals surface area contributed by atoms with Gasteiger partial charge in [0.05, 0.1) is 32.0 Å². The maximum atomic E-state index is 11.6. The third-order valence-electron chi connectivity index (χ3n) is 3.56. The van der Waals surface area contributed by atoms with E-state index in [1.807, 2.05) is 13.8 Å². The third-order valence-corrected chi connectivity index (χ3v) is 3.56. The van der Waals surface area contributed by atoms with Crippen molar-refractivity contribution in [1.29, 1.82) is 0 Å². The molecule has 2 rings (SSSR count). The van der Waals surface area contributed by atoms with Crippen molar-refractivity contribution >= 4 is 6.03 Å². The van der Waals surface area contributed by atoms with Crippen LogP contribution in [0, 0.1) is 0 Å². The number of nitrogens with one attached hydrogen (secondary N) is 2. The molecule has 7 nitrogen and oxygen atoms in total. The van der Waals surface area contributed by atoms with Gasteiger partial charge in [-0.1, -0.05) is 0 Å². The first-order valence-electron chi connectivity index (χ1n) is 7.23. The fourth-order valence-corrected chi connectivity index (χ4v) is 2.48. The molecular weight excluding hydrogens is 262 g/mol. The van der Waals surface area contributed by atoms with E-state index in [-0.39, 0.29) is 24.2 Å². The van der Waals surface area contributed by atoms with Crippen LogP contribution in [0.25, 0.3) is 0 Å². The van der Waals surface area contributed by atoms with Gasteiger partial charge in [0.2, 0.25) is 0 Å². The standard InChI is InChI=1S/C13H25N3O4/c1-9(2)14-13(18)15-10-8-20-11(12(10)17)7-16-3-5-19-6-4-16/h9-12,17H,3-8H2,1-2H3,(H2,14,15,18)/t10-,11-,12+/m0/s1. The van der Waals surface area contributed by atoms with Crippen molar-refractivity contribution in [3.8, 4) is 0 Å². The zero-order valence-corrected chi connectivity index (χ0v) is 12.2. The van der Waals surface area contributed by atoms with Gasteiger partial charge in [-0.15, -0.1) is 0 Å². The molecule has 7 heteroatoms. The van der Waals surface area contributed by atoms with Crippen molar-refractivity contribution in [1.82, 2.24) is 15.5 Å². The molecule has 2 heterocycles. The summed E-state index contributed by atoms with van der Waals surface area (Å²) in [6.07, 6.45) is -0.923. The molecular formula is C13H25N3O4. The van der Waals surface area contributed by atoms with E-state index in [1.165, 1.54) is 0 Å². The van der Waals surface area contributed by atoms with Crippen LogP contribution in [0.1, 0.15) is 13.8 Å². The van der Waals surface area contributed by atoms with Crippen molar-refractivity contribution in [2.24, 2.45) is 0 Å². The molecule has 3 atom stereocenters. The fraction of sp³-hybridized carbons (Fsp3) is 0.923. The van der Waals surface area contributed by atoms with Crippen molar-refractivity contribution in [3.05, 3.63) is 0 Å². The van der Waals surface area contributed by atoms with Gasteiger partial charge in [-0.05, 0) is 13.8 Å². The van der Waals surface area contributed by atoms with Crippen molar-refractivity contribution in [3.63, 3.8) is 0 Å². The Bertz CT molecular complexity index is 321. The van der Waals surface area contributed by atoms with Crippen molar-refractivity contribution in [2.45, 2.75) is 38.1 Å². The zero-order valence-electron chi connectivity index (χ0n) is 12.2. The van der Waals surface area contributed by atoms with Crippen LogP contribution in [-0.4, -0.2) is 79.8 Å². The molecule has 2 aliphatic heterocycles. The summed E-state index contributed by atoms with van der Waals surface area (Å²) in [5, 5.41) is 15.7. The van der Waals surface area contributed by atoms with E-state index in [0.717, 1.165) is 26.3 Å². The molecule has 0 aromatic rings. The van der Waals surface area contributed by atoms with Gasteiger partial charge in [0, 0.05) is 25.7 Å². The molecule has 0 spiro atoms. The van der Waals surface area contributed by atoms with Crippen LogP contribution in [0.2, 0.25) is 0 Å². The molecule has 116 valence electrons. The van der Waals surface area contributed by atoms with Crippen molar-refractivity contribution in [2.75, 3.05) is 39.5 Å². The summed E-state index contributed by atoms with van der Waals surface area (Å²) in [5.74, 6) is 0. The topological polar surface area (TPSA) is 83.1 Å². The smallest absolute Gasteiger partial charge is 0.315 e. The van der Waals surface area contributed by atoms with Crippen LogP contribution >= 0.6 is 0 Å². The molecule has 2 amide bonds. The molecule has 0 unspecified atom stereocenters. The van der Waals surface area contributed by atoms with E-state index in [1.54, 1.807) is 0 Å². The first-order valence-corrected chi connectivity index (χ1v) is 7.23. The number of morpholine rings is 1. The number of aliphatic hydroxyl groups excluding tert-OH is 1. The van der Waals surface area contributed by atoms with E-state index in [9.17, 15) is 9.90 Å². The highest BCUT2D eigenvalue weighted by molar-refractivity contribution is 5.74. The Labute approximate surface area is 119 Å². The number of hydrogen-bond donors (Lipinski definition) is 3. The largest absolute Gasteiger partial charge is 0.388 e. The molecule has 0 aliphatic carbocycles. The van der Waals surface area contributed by atoms with E-state index >= 15 is 0 Å². The second-order valence-corrected chi connectivity index (χ2v) is 5.65. The number of hydrogen-bond acceptors (Lipinski definition) is 5. The number of nitrogens with zero attached hydrogens (tertiary/aromatic N) is 1. The number of rotatable bonds is 4. The lowest BCUT2D eigenvalue weighted by Crippen LogP contribution is -2.51. The average Bonchev–Trinajstić information content (AvgIpc) is 2.72. The molecule has 0 aromatic heterocycles. The van der Waals surface area contributed by atoms with Gasteiger partial charge in [-0.2, -0.15) is 0 Å². The summed E-state index contributed by atoms with van der Waals surface area (Å²) in [6.45, 7) is 7.97. The van der Waals surface area contributed by atoms with Crippen LogP contribution in [0.3, 0.4) is 0 Å². The third kappa shape index (κ3) is 4.31. The number of aliphatic hydroxyl groups is 1. The van der Waals surface area contributed by atoms with Crippen LogP contribution in [0.5, 0.6) is 0 Å². The summed E-state index contributed by atoms with van der Waals surface area (Å²) in [6, 6.07) is -0.543. The second kappa shape index (κ2) is 7.21. The van der Waals surface area contributed by atoms with Gasteiger partial charge < -0.3 is 25.2 Å². The number of carbonyl (C=O) groups excluding carboxylic acids is 1. The lowest BCUT2D eigenvalue weighted by molar-refractivity contribution is -0.0180. The number of urea groups is 1. The number of amides is 2. The highest BCUT2D eigenvalue weighted by atomic mass is 16.5. The normalized spacial score (nSPS) is 31.5. The van der Waals surface area contributed by atoms with Crippen LogP contribution in [0.15, 0.2) is 0 Å². The minimum Gasteiger partial charge on any atom is -0.388 e. The summed E-state index contributed by atoms with van der Waals surface area (Å²) >= 11 is 0. The Morgan fingerprint density at radius 2 is 2.10 bits per heavy atom. The molecule has 0 saturated carbocycles. The predicted molar refractivity (Wildman–Crippen MR) is 73.6 cm³/mol. The molecule has 2 saturated heterocycles. The molecule has 0 bridgehead atoms. The highest BCUT2D eigenvalue weighted by Crippen LogP contribution is 2.16. The molecule has 2 fully saturated rings. The van der Waals surface area contributed by atoms with Crippen LogP contribution in [0.4, 0.5) is 4.79 Å². The van der Waals surface area contributed by atoms with E-state index < -0.39 is 6.10 Å². The van der Waals surface area contributed by atoms with Gasteiger partial charge in [-0.25, -0.2) is 4.79 Å². The lowest BCUT2D eigenvalue weighted by Gasteiger charge is -2.29. The Kier molecular flexibility index (Phi) is 5.59. The fourth-order valence-electron chi connectivity index (χ4n) is 2.48.